The van der Waals surface area contributed by atoms with Gasteiger partial charge < -0.3 is 9.84 Å². The second-order valence-corrected chi connectivity index (χ2v) is 3.61. The third kappa shape index (κ3) is 1.81. The lowest BCUT2D eigenvalue weighted by Crippen LogP contribution is -1.94. The zero-order valence-corrected chi connectivity index (χ0v) is 8.90. The van der Waals surface area contributed by atoms with E-state index < -0.39 is 6.10 Å². The SMILES string of the molecule is COc1cc(C(C)O)c2ccccc2c1. The van der Waals surface area contributed by atoms with Crippen LogP contribution in [0.3, 0.4) is 0 Å². The van der Waals surface area contributed by atoms with E-state index in [4.69, 9.17) is 4.74 Å². The number of fused-ring (bicyclic) bond motifs is 1. The summed E-state index contributed by atoms with van der Waals surface area (Å²) in [5.41, 5.74) is 0.907. The van der Waals surface area contributed by atoms with Crippen molar-refractivity contribution in [1.82, 2.24) is 0 Å². The molecule has 2 nitrogen and oxygen atoms in total. The summed E-state index contributed by atoms with van der Waals surface area (Å²) >= 11 is 0. The monoisotopic (exact) mass is 202 g/mol. The summed E-state index contributed by atoms with van der Waals surface area (Å²) in [6.07, 6.45) is -0.481. The van der Waals surface area contributed by atoms with Crippen LogP contribution in [0.5, 0.6) is 5.75 Å². The second-order valence-electron chi connectivity index (χ2n) is 3.61. The third-order valence-electron chi connectivity index (χ3n) is 2.55. The molecule has 0 bridgehead atoms. The van der Waals surface area contributed by atoms with Crippen LogP contribution in [0.15, 0.2) is 36.4 Å². The highest BCUT2D eigenvalue weighted by molar-refractivity contribution is 5.87. The summed E-state index contributed by atoms with van der Waals surface area (Å²) in [5, 5.41) is 11.9. The average Bonchev–Trinajstić information content (AvgIpc) is 2.27. The Morgan fingerprint density at radius 2 is 1.93 bits per heavy atom. The third-order valence-corrected chi connectivity index (χ3v) is 2.55. The Bertz CT molecular complexity index is 475. The van der Waals surface area contributed by atoms with E-state index in [-0.39, 0.29) is 0 Å². The molecule has 1 N–H and O–H groups in total. The maximum Gasteiger partial charge on any atom is 0.119 e. The first-order valence-electron chi connectivity index (χ1n) is 4.97. The Hall–Kier alpha value is -1.54. The summed E-state index contributed by atoms with van der Waals surface area (Å²) in [6.45, 7) is 1.77. The zero-order valence-electron chi connectivity index (χ0n) is 8.90. The molecule has 0 fully saturated rings. The lowest BCUT2D eigenvalue weighted by molar-refractivity contribution is 0.200. The first kappa shape index (κ1) is 9.99. The fourth-order valence-electron chi connectivity index (χ4n) is 1.78. The van der Waals surface area contributed by atoms with E-state index in [0.717, 1.165) is 22.1 Å². The van der Waals surface area contributed by atoms with Crippen molar-refractivity contribution in [3.05, 3.63) is 42.0 Å². The van der Waals surface area contributed by atoms with E-state index in [1.165, 1.54) is 0 Å². The van der Waals surface area contributed by atoms with Crippen molar-refractivity contribution in [1.29, 1.82) is 0 Å². The van der Waals surface area contributed by atoms with Crippen LogP contribution in [-0.2, 0) is 0 Å². The Morgan fingerprint density at radius 3 is 2.60 bits per heavy atom. The van der Waals surface area contributed by atoms with Crippen molar-refractivity contribution in [2.45, 2.75) is 13.0 Å². The van der Waals surface area contributed by atoms with E-state index in [1.54, 1.807) is 14.0 Å². The Balaban J connectivity index is 2.74. The van der Waals surface area contributed by atoms with Gasteiger partial charge in [0.15, 0.2) is 0 Å². The van der Waals surface area contributed by atoms with Crippen LogP contribution in [0, 0.1) is 0 Å². The summed E-state index contributed by atoms with van der Waals surface area (Å²) in [4.78, 5) is 0. The van der Waals surface area contributed by atoms with Crippen molar-refractivity contribution in [2.75, 3.05) is 7.11 Å². The number of ether oxygens (including phenoxy) is 1. The van der Waals surface area contributed by atoms with Crippen molar-refractivity contribution < 1.29 is 9.84 Å². The van der Waals surface area contributed by atoms with E-state index in [0.29, 0.717) is 0 Å². The molecule has 0 aromatic heterocycles. The van der Waals surface area contributed by atoms with Crippen LogP contribution >= 0.6 is 0 Å². The quantitative estimate of drug-likeness (QED) is 0.811. The number of aliphatic hydroxyl groups is 1. The first-order chi connectivity index (χ1) is 7.22. The number of rotatable bonds is 2. The van der Waals surface area contributed by atoms with Gasteiger partial charge in [-0.15, -0.1) is 0 Å². The average molecular weight is 202 g/mol. The highest BCUT2D eigenvalue weighted by Gasteiger charge is 2.08. The second kappa shape index (κ2) is 3.91. The lowest BCUT2D eigenvalue weighted by atomic mass is 10.0. The number of hydrogen-bond acceptors (Lipinski definition) is 2. The minimum Gasteiger partial charge on any atom is -0.497 e. The van der Waals surface area contributed by atoms with Gasteiger partial charge in [0, 0.05) is 0 Å². The maximum atomic E-state index is 9.69. The number of methoxy groups -OCH3 is 1. The van der Waals surface area contributed by atoms with E-state index in [1.807, 2.05) is 36.4 Å². The molecule has 2 aromatic carbocycles. The van der Waals surface area contributed by atoms with Gasteiger partial charge in [0.1, 0.15) is 5.75 Å². The zero-order chi connectivity index (χ0) is 10.8. The molecule has 0 saturated heterocycles. The molecule has 15 heavy (non-hydrogen) atoms. The van der Waals surface area contributed by atoms with Crippen LogP contribution in [0.4, 0.5) is 0 Å². The molecule has 78 valence electrons. The molecule has 1 atom stereocenters. The molecule has 2 aromatic rings. The molecular weight excluding hydrogens is 188 g/mol. The van der Waals surface area contributed by atoms with Crippen LogP contribution in [0.2, 0.25) is 0 Å². The fourth-order valence-corrected chi connectivity index (χ4v) is 1.78. The molecule has 0 saturated carbocycles. The van der Waals surface area contributed by atoms with Crippen LogP contribution in [-0.4, -0.2) is 12.2 Å². The molecule has 2 heteroatoms. The van der Waals surface area contributed by atoms with Gasteiger partial charge in [-0.2, -0.15) is 0 Å². The molecule has 0 amide bonds. The van der Waals surface area contributed by atoms with Gasteiger partial charge in [0.25, 0.3) is 0 Å². The van der Waals surface area contributed by atoms with E-state index in [9.17, 15) is 5.11 Å². The Kier molecular flexibility index (Phi) is 2.60. The summed E-state index contributed by atoms with van der Waals surface area (Å²) in [5.74, 6) is 0.782. The molecular formula is C13H14O2. The molecule has 0 aliphatic rings. The van der Waals surface area contributed by atoms with Gasteiger partial charge in [-0.1, -0.05) is 24.3 Å². The molecule has 0 spiro atoms. The van der Waals surface area contributed by atoms with Crippen molar-refractivity contribution in [3.63, 3.8) is 0 Å². The van der Waals surface area contributed by atoms with Crippen LogP contribution in [0.25, 0.3) is 10.8 Å². The topological polar surface area (TPSA) is 29.5 Å². The van der Waals surface area contributed by atoms with Gasteiger partial charge in [0.05, 0.1) is 13.2 Å². The standard InChI is InChI=1S/C13H14O2/c1-9(14)13-8-11(15-2)7-10-5-3-4-6-12(10)13/h3-9,14H,1-2H3. The molecule has 0 radical (unpaired) electrons. The van der Waals surface area contributed by atoms with Gasteiger partial charge in [-0.05, 0) is 35.4 Å². The molecule has 0 heterocycles. The van der Waals surface area contributed by atoms with Gasteiger partial charge in [0.2, 0.25) is 0 Å². The largest absolute Gasteiger partial charge is 0.497 e. The maximum absolute atomic E-state index is 9.69. The number of benzene rings is 2. The van der Waals surface area contributed by atoms with Crippen LogP contribution < -0.4 is 4.74 Å². The lowest BCUT2D eigenvalue weighted by Gasteiger charge is -2.11. The van der Waals surface area contributed by atoms with Crippen molar-refractivity contribution in [3.8, 4) is 5.75 Å². The van der Waals surface area contributed by atoms with Gasteiger partial charge in [-0.3, -0.25) is 0 Å². The molecule has 1 unspecified atom stereocenters. The van der Waals surface area contributed by atoms with Crippen molar-refractivity contribution in [2.24, 2.45) is 0 Å². The number of hydrogen-bond donors (Lipinski definition) is 1. The highest BCUT2D eigenvalue weighted by Crippen LogP contribution is 2.29. The predicted molar refractivity (Wildman–Crippen MR) is 61.1 cm³/mol. The fraction of sp³-hybridized carbons (Fsp3) is 0.231. The molecule has 0 aliphatic carbocycles. The summed E-state index contributed by atoms with van der Waals surface area (Å²) in [7, 11) is 1.63. The van der Waals surface area contributed by atoms with Gasteiger partial charge in [-0.25, -0.2) is 0 Å². The van der Waals surface area contributed by atoms with E-state index >= 15 is 0 Å². The van der Waals surface area contributed by atoms with Crippen LogP contribution in [0.1, 0.15) is 18.6 Å². The van der Waals surface area contributed by atoms with Gasteiger partial charge >= 0.3 is 0 Å². The molecule has 0 aliphatic heterocycles. The highest BCUT2D eigenvalue weighted by atomic mass is 16.5. The first-order valence-corrected chi connectivity index (χ1v) is 4.97. The Labute approximate surface area is 89.1 Å². The normalized spacial score (nSPS) is 12.7. The summed E-state index contributed by atoms with van der Waals surface area (Å²) < 4.78 is 5.20. The minimum absolute atomic E-state index is 0.481. The molecule has 2 rings (SSSR count). The minimum atomic E-state index is -0.481. The van der Waals surface area contributed by atoms with E-state index in [2.05, 4.69) is 0 Å². The smallest absolute Gasteiger partial charge is 0.119 e. The summed E-state index contributed by atoms with van der Waals surface area (Å²) in [6, 6.07) is 11.8. The Morgan fingerprint density at radius 1 is 1.20 bits per heavy atom. The predicted octanol–water partition coefficient (Wildman–Crippen LogP) is 2.90. The van der Waals surface area contributed by atoms with Crippen molar-refractivity contribution >= 4 is 10.8 Å². The number of aliphatic hydroxyl groups excluding tert-OH is 1.